The topological polar surface area (TPSA) is 81.5 Å². The second-order valence-electron chi connectivity index (χ2n) is 6.58. The molecule has 0 spiro atoms. The second-order valence-corrected chi connectivity index (χ2v) is 6.58. The van der Waals surface area contributed by atoms with Crippen LogP contribution in [0.5, 0.6) is 0 Å². The van der Waals surface area contributed by atoms with Gasteiger partial charge >= 0.3 is 0 Å². The fraction of sp³-hybridized carbons (Fsp3) is 0.750. The Morgan fingerprint density at radius 2 is 1.95 bits per heavy atom. The van der Waals surface area contributed by atoms with Gasteiger partial charge in [-0.3, -0.25) is 4.90 Å². The Balaban J connectivity index is 2.15. The van der Waals surface area contributed by atoms with E-state index in [4.69, 9.17) is 0 Å². The fourth-order valence-electron chi connectivity index (χ4n) is 3.13. The highest BCUT2D eigenvalue weighted by atomic mass is 16.3. The number of hydrogen-bond donors (Lipinski definition) is 3. The van der Waals surface area contributed by atoms with Crippen molar-refractivity contribution < 1.29 is 10.2 Å². The van der Waals surface area contributed by atoms with Gasteiger partial charge in [-0.2, -0.15) is 0 Å². The first-order chi connectivity index (χ1) is 10.5. The number of likely N-dealkylation sites (tertiary alicyclic amines) is 1. The molecule has 1 aromatic heterocycles. The van der Waals surface area contributed by atoms with Crippen molar-refractivity contribution in [3.63, 3.8) is 0 Å². The maximum Gasteiger partial charge on any atom is 0.132 e. The molecule has 2 rings (SSSR count). The summed E-state index contributed by atoms with van der Waals surface area (Å²) in [6, 6.07) is 0.0786. The molecule has 124 valence electrons. The maximum absolute atomic E-state index is 9.43. The number of aromatic nitrogens is 2. The average molecular weight is 308 g/mol. The van der Waals surface area contributed by atoms with Crippen LogP contribution in [0.2, 0.25) is 0 Å². The van der Waals surface area contributed by atoms with E-state index < -0.39 is 0 Å². The lowest BCUT2D eigenvalue weighted by Crippen LogP contribution is -2.40. The third-order valence-electron chi connectivity index (χ3n) is 4.60. The first-order valence-corrected chi connectivity index (χ1v) is 7.98. The molecular weight excluding hydrogens is 280 g/mol. The fourth-order valence-corrected chi connectivity index (χ4v) is 3.13. The zero-order valence-electron chi connectivity index (χ0n) is 14.0. The van der Waals surface area contributed by atoms with Crippen LogP contribution in [0.4, 0.5) is 5.82 Å². The van der Waals surface area contributed by atoms with E-state index in [1.165, 1.54) is 0 Å². The summed E-state index contributed by atoms with van der Waals surface area (Å²) in [6.07, 6.45) is 1.84. The highest BCUT2D eigenvalue weighted by Crippen LogP contribution is 2.28. The van der Waals surface area contributed by atoms with Crippen molar-refractivity contribution >= 4 is 5.82 Å². The number of nitrogens with zero attached hydrogens (tertiary/aromatic N) is 3. The van der Waals surface area contributed by atoms with Crippen LogP contribution in [0, 0.1) is 25.7 Å². The van der Waals surface area contributed by atoms with Crippen LogP contribution in [0.3, 0.4) is 0 Å². The molecule has 0 amide bonds. The predicted octanol–water partition coefficient (Wildman–Crippen LogP) is 0.815. The molecule has 6 heteroatoms. The Morgan fingerprint density at radius 1 is 1.27 bits per heavy atom. The largest absolute Gasteiger partial charge is 0.395 e. The summed E-state index contributed by atoms with van der Waals surface area (Å²) >= 11 is 0. The van der Waals surface area contributed by atoms with Gasteiger partial charge in [-0.05, 0) is 25.7 Å². The van der Waals surface area contributed by atoms with Crippen LogP contribution < -0.4 is 5.32 Å². The van der Waals surface area contributed by atoms with Crippen molar-refractivity contribution in [1.82, 2.24) is 14.9 Å². The summed E-state index contributed by atoms with van der Waals surface area (Å²) in [6.45, 7) is 9.98. The quantitative estimate of drug-likeness (QED) is 0.722. The van der Waals surface area contributed by atoms with Crippen molar-refractivity contribution in [2.45, 2.75) is 39.8 Å². The molecule has 22 heavy (non-hydrogen) atoms. The zero-order valence-corrected chi connectivity index (χ0v) is 14.0. The van der Waals surface area contributed by atoms with Gasteiger partial charge in [-0.1, -0.05) is 13.8 Å². The average Bonchev–Trinajstić information content (AvgIpc) is 2.88. The van der Waals surface area contributed by atoms with E-state index in [0.29, 0.717) is 11.8 Å². The molecule has 1 aliphatic rings. The number of hydrogen-bond acceptors (Lipinski definition) is 6. The molecule has 1 aliphatic heterocycles. The lowest BCUT2D eigenvalue weighted by atomic mass is 9.91. The van der Waals surface area contributed by atoms with Gasteiger partial charge in [0, 0.05) is 30.9 Å². The zero-order chi connectivity index (χ0) is 16.3. The van der Waals surface area contributed by atoms with Gasteiger partial charge in [0.1, 0.15) is 11.6 Å². The van der Waals surface area contributed by atoms with Crippen LogP contribution >= 0.6 is 0 Å². The molecule has 0 saturated carbocycles. The molecule has 0 unspecified atom stereocenters. The summed E-state index contributed by atoms with van der Waals surface area (Å²) in [7, 11) is 0. The lowest BCUT2D eigenvalue weighted by Gasteiger charge is -2.24. The highest BCUT2D eigenvalue weighted by molar-refractivity contribution is 5.43. The van der Waals surface area contributed by atoms with Crippen molar-refractivity contribution in [1.29, 1.82) is 0 Å². The van der Waals surface area contributed by atoms with Crippen molar-refractivity contribution in [3.05, 3.63) is 17.6 Å². The molecule has 1 aromatic rings. The minimum Gasteiger partial charge on any atom is -0.395 e. The second kappa shape index (κ2) is 7.35. The summed E-state index contributed by atoms with van der Waals surface area (Å²) < 4.78 is 0. The number of rotatable bonds is 6. The normalized spacial score (nSPS) is 22.7. The van der Waals surface area contributed by atoms with Gasteiger partial charge in [0.05, 0.1) is 19.3 Å². The molecule has 0 aromatic carbocycles. The van der Waals surface area contributed by atoms with Crippen molar-refractivity contribution in [2.24, 2.45) is 11.8 Å². The third-order valence-corrected chi connectivity index (χ3v) is 4.60. The van der Waals surface area contributed by atoms with Gasteiger partial charge in [0.2, 0.25) is 0 Å². The number of aliphatic hydroxyl groups excluding tert-OH is 2. The van der Waals surface area contributed by atoms with Crippen LogP contribution in [0.15, 0.2) is 6.20 Å². The van der Waals surface area contributed by atoms with Crippen LogP contribution in [0.1, 0.15) is 25.2 Å². The Bertz CT molecular complexity index is 491. The van der Waals surface area contributed by atoms with E-state index in [1.54, 1.807) is 0 Å². The van der Waals surface area contributed by atoms with Crippen molar-refractivity contribution in [2.75, 3.05) is 31.6 Å². The molecule has 2 heterocycles. The number of nitrogens with one attached hydrogen (secondary N) is 1. The van der Waals surface area contributed by atoms with Gasteiger partial charge < -0.3 is 15.5 Å². The molecule has 0 bridgehead atoms. The van der Waals surface area contributed by atoms with Gasteiger partial charge in [-0.25, -0.2) is 9.97 Å². The third kappa shape index (κ3) is 3.74. The monoisotopic (exact) mass is 308 g/mol. The van der Waals surface area contributed by atoms with Gasteiger partial charge in [-0.15, -0.1) is 0 Å². The SMILES string of the molecule is Cc1ncc(C)c(N[C@@H]2CN(C(CO)CO)C[C@H]2C(C)C)n1. The van der Waals surface area contributed by atoms with Crippen LogP contribution in [-0.4, -0.2) is 63.5 Å². The van der Waals surface area contributed by atoms with Gasteiger partial charge in [0.25, 0.3) is 0 Å². The molecular formula is C16H28N4O2. The molecule has 1 saturated heterocycles. The molecule has 6 nitrogen and oxygen atoms in total. The standard InChI is InChI=1S/C16H28N4O2/c1-10(2)14-6-20(13(8-21)9-22)7-15(14)19-16-11(3)5-17-12(4)18-16/h5,10,13-15,21-22H,6-9H2,1-4H3,(H,17,18,19)/t14-,15+/m0/s1. The maximum atomic E-state index is 9.43. The Hall–Kier alpha value is -1.24. The van der Waals surface area contributed by atoms with E-state index >= 15 is 0 Å². The lowest BCUT2D eigenvalue weighted by molar-refractivity contribution is 0.0862. The van der Waals surface area contributed by atoms with E-state index in [1.807, 2.05) is 20.0 Å². The number of anilines is 1. The summed E-state index contributed by atoms with van der Waals surface area (Å²) in [5.74, 6) is 2.61. The van der Waals surface area contributed by atoms with E-state index in [9.17, 15) is 10.2 Å². The minimum atomic E-state index is -0.179. The molecule has 0 aliphatic carbocycles. The first-order valence-electron chi connectivity index (χ1n) is 7.98. The molecule has 3 N–H and O–H groups in total. The molecule has 0 radical (unpaired) electrons. The van der Waals surface area contributed by atoms with Crippen LogP contribution in [0.25, 0.3) is 0 Å². The summed E-state index contributed by atoms with van der Waals surface area (Å²) in [5, 5.41) is 22.4. The Morgan fingerprint density at radius 3 is 2.55 bits per heavy atom. The predicted molar refractivity (Wildman–Crippen MR) is 86.8 cm³/mol. The molecule has 1 fully saturated rings. The van der Waals surface area contributed by atoms with E-state index in [-0.39, 0.29) is 25.3 Å². The van der Waals surface area contributed by atoms with Crippen molar-refractivity contribution in [3.8, 4) is 0 Å². The van der Waals surface area contributed by atoms with E-state index in [0.717, 1.165) is 30.3 Å². The highest BCUT2D eigenvalue weighted by Gasteiger charge is 2.37. The number of aliphatic hydroxyl groups is 2. The Kier molecular flexibility index (Phi) is 5.72. The minimum absolute atomic E-state index is 0.0142. The van der Waals surface area contributed by atoms with Crippen LogP contribution in [-0.2, 0) is 0 Å². The Labute approximate surface area is 132 Å². The van der Waals surface area contributed by atoms with E-state index in [2.05, 4.69) is 34.0 Å². The van der Waals surface area contributed by atoms with Gasteiger partial charge in [0.15, 0.2) is 0 Å². The first kappa shape index (κ1) is 17.1. The summed E-state index contributed by atoms with van der Waals surface area (Å²) in [5.41, 5.74) is 1.03. The number of aryl methyl sites for hydroxylation is 2. The smallest absolute Gasteiger partial charge is 0.132 e. The molecule has 2 atom stereocenters. The summed E-state index contributed by atoms with van der Waals surface area (Å²) in [4.78, 5) is 10.9.